The van der Waals surface area contributed by atoms with Crippen molar-refractivity contribution < 1.29 is 23.9 Å². The average molecular weight is 421 g/mol. The lowest BCUT2D eigenvalue weighted by Crippen LogP contribution is -2.48. The van der Waals surface area contributed by atoms with E-state index in [1.54, 1.807) is 22.0 Å². The van der Waals surface area contributed by atoms with Gasteiger partial charge in [-0.1, -0.05) is 33.1 Å². The van der Waals surface area contributed by atoms with Crippen molar-refractivity contribution in [1.29, 1.82) is 0 Å². The van der Waals surface area contributed by atoms with Gasteiger partial charge in [0.2, 0.25) is 5.91 Å². The van der Waals surface area contributed by atoms with Crippen LogP contribution in [0.25, 0.3) is 0 Å². The molecule has 30 heavy (non-hydrogen) atoms. The predicted octanol–water partition coefficient (Wildman–Crippen LogP) is 4.06. The summed E-state index contributed by atoms with van der Waals surface area (Å²) in [6.07, 6.45) is 4.12. The molecule has 1 fully saturated rings. The number of rotatable bonds is 5. The number of likely N-dealkylation sites (tertiary alicyclic amines) is 1. The Morgan fingerprint density at radius 3 is 2.13 bits per heavy atom. The highest BCUT2D eigenvalue weighted by Crippen LogP contribution is 2.37. The minimum Gasteiger partial charge on any atom is -0.469 e. The third-order valence-corrected chi connectivity index (χ3v) is 4.96. The molecule has 2 aliphatic heterocycles. The minimum atomic E-state index is -0.609. The summed E-state index contributed by atoms with van der Waals surface area (Å²) in [7, 11) is 1.30. The van der Waals surface area contributed by atoms with Crippen LogP contribution in [0.4, 0.5) is 4.79 Å². The summed E-state index contributed by atoms with van der Waals surface area (Å²) in [5, 5.41) is 0. The van der Waals surface area contributed by atoms with E-state index in [0.717, 1.165) is 0 Å². The van der Waals surface area contributed by atoms with Crippen LogP contribution < -0.4 is 0 Å². The molecule has 0 aliphatic carbocycles. The summed E-state index contributed by atoms with van der Waals surface area (Å²) in [4.78, 5) is 40.5. The lowest BCUT2D eigenvalue weighted by molar-refractivity contribution is -0.145. The standard InChI is InChI=1S/C21H30N2O5.C2H6/c1-7-15-16(13-18(24)27-6)19(25)23(17(15)8-2)14-9-11-22(12-10-14)20(26)28-21(3,4)5;1-2/h7-8,14,16H,1-2,9-13H2,3-6H3;1-2H3. The van der Waals surface area contributed by atoms with Crippen molar-refractivity contribution in [2.24, 2.45) is 5.92 Å². The van der Waals surface area contributed by atoms with Gasteiger partial charge in [0.25, 0.3) is 0 Å². The Labute approximate surface area is 180 Å². The van der Waals surface area contributed by atoms with E-state index in [-0.39, 0.29) is 24.5 Å². The molecule has 0 bridgehead atoms. The van der Waals surface area contributed by atoms with Crippen molar-refractivity contribution in [3.05, 3.63) is 36.6 Å². The van der Waals surface area contributed by atoms with Gasteiger partial charge in [0.15, 0.2) is 0 Å². The maximum atomic E-state index is 13.1. The quantitative estimate of drug-likeness (QED) is 0.627. The second kappa shape index (κ2) is 11.0. The molecule has 0 aromatic heterocycles. The zero-order valence-electron chi connectivity index (χ0n) is 19.2. The van der Waals surface area contributed by atoms with Gasteiger partial charge in [-0.05, 0) is 45.3 Å². The van der Waals surface area contributed by atoms with E-state index in [4.69, 9.17) is 9.47 Å². The van der Waals surface area contributed by atoms with Crippen LogP contribution in [0.2, 0.25) is 0 Å². The van der Waals surface area contributed by atoms with Crippen molar-refractivity contribution >= 4 is 18.0 Å². The molecule has 0 aromatic rings. The van der Waals surface area contributed by atoms with Crippen molar-refractivity contribution in [3.8, 4) is 0 Å². The number of carbonyl (C=O) groups excluding carboxylic acids is 3. The molecule has 1 unspecified atom stereocenters. The summed E-state index contributed by atoms with van der Waals surface area (Å²) in [5.74, 6) is -1.20. The van der Waals surface area contributed by atoms with E-state index >= 15 is 0 Å². The second-order valence-electron chi connectivity index (χ2n) is 7.99. The molecule has 1 saturated heterocycles. The van der Waals surface area contributed by atoms with Gasteiger partial charge >= 0.3 is 12.1 Å². The summed E-state index contributed by atoms with van der Waals surface area (Å²) in [6, 6.07) is -0.0724. The van der Waals surface area contributed by atoms with Crippen LogP contribution in [0.15, 0.2) is 36.6 Å². The molecule has 0 radical (unpaired) electrons. The number of allylic oxidation sites excluding steroid dienone is 2. The first-order valence-corrected chi connectivity index (χ1v) is 10.5. The predicted molar refractivity (Wildman–Crippen MR) is 117 cm³/mol. The van der Waals surface area contributed by atoms with Gasteiger partial charge in [0, 0.05) is 24.8 Å². The first-order chi connectivity index (χ1) is 14.1. The smallest absolute Gasteiger partial charge is 0.410 e. The Balaban J connectivity index is 0.00000218. The fraction of sp³-hybridized carbons (Fsp3) is 0.609. The molecule has 2 rings (SSSR count). The summed E-state index contributed by atoms with van der Waals surface area (Å²) in [5.41, 5.74) is 0.835. The number of hydrogen-bond acceptors (Lipinski definition) is 5. The molecule has 1 atom stereocenters. The third kappa shape index (κ3) is 5.97. The molecular formula is C23H36N2O5. The molecule has 0 saturated carbocycles. The van der Waals surface area contributed by atoms with Crippen LogP contribution in [-0.4, -0.2) is 59.6 Å². The Morgan fingerprint density at radius 1 is 1.13 bits per heavy atom. The first kappa shape index (κ1) is 25.5. The molecular weight excluding hydrogens is 384 g/mol. The van der Waals surface area contributed by atoms with Crippen LogP contribution in [0.1, 0.15) is 53.9 Å². The Hall–Kier alpha value is -2.57. The van der Waals surface area contributed by atoms with E-state index in [9.17, 15) is 14.4 Å². The second-order valence-corrected chi connectivity index (χ2v) is 7.99. The summed E-state index contributed by atoms with van der Waals surface area (Å²) < 4.78 is 10.2. The monoisotopic (exact) mass is 420 g/mol. The van der Waals surface area contributed by atoms with Gasteiger partial charge in [0.05, 0.1) is 19.4 Å². The minimum absolute atomic E-state index is 0.0265. The van der Waals surface area contributed by atoms with E-state index < -0.39 is 17.5 Å². The molecule has 2 heterocycles. The van der Waals surface area contributed by atoms with Crippen molar-refractivity contribution in [2.45, 2.75) is 65.5 Å². The maximum absolute atomic E-state index is 13.1. The van der Waals surface area contributed by atoms with Gasteiger partial charge in [-0.3, -0.25) is 9.59 Å². The van der Waals surface area contributed by atoms with Crippen molar-refractivity contribution in [1.82, 2.24) is 9.80 Å². The molecule has 7 heteroatoms. The number of amides is 2. The molecule has 0 aromatic carbocycles. The highest BCUT2D eigenvalue weighted by molar-refractivity contribution is 5.92. The number of methoxy groups -OCH3 is 1. The van der Waals surface area contributed by atoms with Gasteiger partial charge in [0.1, 0.15) is 5.60 Å². The number of piperidine rings is 1. The van der Waals surface area contributed by atoms with Gasteiger partial charge in [-0.25, -0.2) is 4.79 Å². The van der Waals surface area contributed by atoms with Crippen LogP contribution in [0, 0.1) is 5.92 Å². The van der Waals surface area contributed by atoms with Gasteiger partial charge < -0.3 is 19.3 Å². The zero-order chi connectivity index (χ0) is 23.1. The van der Waals surface area contributed by atoms with Crippen molar-refractivity contribution in [2.75, 3.05) is 20.2 Å². The number of nitrogens with zero attached hydrogens (tertiary/aromatic N) is 2. The maximum Gasteiger partial charge on any atom is 0.410 e. The fourth-order valence-electron chi connectivity index (χ4n) is 3.66. The van der Waals surface area contributed by atoms with E-state index in [0.29, 0.717) is 37.2 Å². The highest BCUT2D eigenvalue weighted by atomic mass is 16.6. The number of carbonyl (C=O) groups is 3. The molecule has 2 aliphatic rings. The van der Waals surface area contributed by atoms with Crippen LogP contribution in [-0.2, 0) is 19.1 Å². The molecule has 7 nitrogen and oxygen atoms in total. The van der Waals surface area contributed by atoms with Crippen molar-refractivity contribution in [3.63, 3.8) is 0 Å². The van der Waals surface area contributed by atoms with Crippen LogP contribution in [0.3, 0.4) is 0 Å². The van der Waals surface area contributed by atoms with E-state index in [2.05, 4.69) is 13.2 Å². The lowest BCUT2D eigenvalue weighted by Gasteiger charge is -2.38. The van der Waals surface area contributed by atoms with E-state index in [1.165, 1.54) is 7.11 Å². The van der Waals surface area contributed by atoms with Crippen LogP contribution in [0.5, 0.6) is 0 Å². The SMILES string of the molecule is C=CC1=C(C=C)N(C2CCN(C(=O)OC(C)(C)C)CC2)C(=O)C1CC(=O)OC.CC. The highest BCUT2D eigenvalue weighted by Gasteiger charge is 2.43. The first-order valence-electron chi connectivity index (χ1n) is 10.5. The average Bonchev–Trinajstić information content (AvgIpc) is 2.98. The molecule has 2 amide bonds. The normalized spacial score (nSPS) is 19.8. The zero-order valence-corrected chi connectivity index (χ0v) is 19.2. The Kier molecular flexibility index (Phi) is 9.33. The van der Waals surface area contributed by atoms with E-state index in [1.807, 2.05) is 34.6 Å². The topological polar surface area (TPSA) is 76.2 Å². The number of esters is 1. The van der Waals surface area contributed by atoms with Gasteiger partial charge in [-0.2, -0.15) is 0 Å². The largest absolute Gasteiger partial charge is 0.469 e. The Bertz CT molecular complexity index is 697. The fourth-order valence-corrected chi connectivity index (χ4v) is 3.66. The third-order valence-electron chi connectivity index (χ3n) is 4.96. The number of ether oxygens (including phenoxy) is 2. The summed E-state index contributed by atoms with van der Waals surface area (Å²) >= 11 is 0. The molecule has 0 N–H and O–H groups in total. The molecule has 168 valence electrons. The summed E-state index contributed by atoms with van der Waals surface area (Å²) in [6.45, 7) is 18.1. The lowest BCUT2D eigenvalue weighted by atomic mass is 9.96. The Morgan fingerprint density at radius 2 is 1.70 bits per heavy atom. The van der Waals surface area contributed by atoms with Gasteiger partial charge in [-0.15, -0.1) is 0 Å². The molecule has 0 spiro atoms. The number of hydrogen-bond donors (Lipinski definition) is 0. The van der Waals surface area contributed by atoms with Crippen LogP contribution >= 0.6 is 0 Å².